The summed E-state index contributed by atoms with van der Waals surface area (Å²) in [6.07, 6.45) is 7.95. The zero-order valence-corrected chi connectivity index (χ0v) is 14.2. The van der Waals surface area contributed by atoms with Crippen LogP contribution in [0.15, 0.2) is 24.4 Å². The van der Waals surface area contributed by atoms with Crippen molar-refractivity contribution in [3.63, 3.8) is 0 Å². The van der Waals surface area contributed by atoms with Gasteiger partial charge in [0.25, 0.3) is 0 Å². The summed E-state index contributed by atoms with van der Waals surface area (Å²) in [5, 5.41) is 4.03. The number of rotatable bonds is 4. The van der Waals surface area contributed by atoms with Gasteiger partial charge in [0.2, 0.25) is 5.95 Å². The van der Waals surface area contributed by atoms with E-state index < -0.39 is 0 Å². The van der Waals surface area contributed by atoms with Crippen LogP contribution < -0.4 is 4.74 Å². The Hall–Kier alpha value is -1.84. The average molecular weight is 316 g/mol. The molecule has 0 amide bonds. The number of methoxy groups -OCH3 is 1. The molecule has 1 saturated carbocycles. The van der Waals surface area contributed by atoms with Gasteiger partial charge < -0.3 is 4.74 Å². The number of benzene rings is 1. The van der Waals surface area contributed by atoms with Crippen LogP contribution in [0.25, 0.3) is 11.1 Å². The Labute approximate surface area is 137 Å². The molecule has 0 spiro atoms. The van der Waals surface area contributed by atoms with Gasteiger partial charge in [0, 0.05) is 12.2 Å². The topological polar surface area (TPSA) is 27.1 Å². The van der Waals surface area contributed by atoms with E-state index in [-0.39, 0.29) is 12.0 Å². The number of ether oxygens (including phenoxy) is 1. The Bertz CT molecular complexity index is 672. The second-order valence-electron chi connectivity index (χ2n) is 6.70. The van der Waals surface area contributed by atoms with Gasteiger partial charge in [-0.15, -0.1) is 5.10 Å². The Balaban J connectivity index is 2.07. The third-order valence-electron chi connectivity index (χ3n) is 4.81. The monoisotopic (exact) mass is 316 g/mol. The number of halogens is 1. The van der Waals surface area contributed by atoms with E-state index >= 15 is 0 Å². The summed E-state index contributed by atoms with van der Waals surface area (Å²) < 4.78 is 21.5. The molecule has 1 aliphatic carbocycles. The molecule has 2 aromatic rings. The van der Waals surface area contributed by atoms with E-state index in [0.29, 0.717) is 11.5 Å². The zero-order valence-electron chi connectivity index (χ0n) is 14.2. The number of aromatic nitrogens is 2. The van der Waals surface area contributed by atoms with Crippen molar-refractivity contribution in [2.24, 2.45) is 0 Å². The molecule has 0 saturated heterocycles. The molecular weight excluding hydrogens is 291 g/mol. The molecule has 1 aromatic heterocycles. The lowest BCUT2D eigenvalue weighted by Gasteiger charge is -2.24. The van der Waals surface area contributed by atoms with Crippen LogP contribution in [0.5, 0.6) is 5.75 Å². The van der Waals surface area contributed by atoms with Crippen LogP contribution in [0.3, 0.4) is 0 Å². The van der Waals surface area contributed by atoms with Gasteiger partial charge in [0.15, 0.2) is 0 Å². The van der Waals surface area contributed by atoms with Gasteiger partial charge in [-0.3, -0.25) is 4.68 Å². The first-order valence-electron chi connectivity index (χ1n) is 8.53. The molecule has 0 atom stereocenters. The van der Waals surface area contributed by atoms with Crippen molar-refractivity contribution in [3.8, 4) is 16.9 Å². The fraction of sp³-hybridized carbons (Fsp3) is 0.526. The molecule has 1 fully saturated rings. The second-order valence-corrected chi connectivity index (χ2v) is 6.70. The van der Waals surface area contributed by atoms with Gasteiger partial charge in [-0.25, -0.2) is 0 Å². The van der Waals surface area contributed by atoms with Crippen molar-refractivity contribution in [1.29, 1.82) is 0 Å². The average Bonchev–Trinajstić information content (AvgIpc) is 2.97. The predicted octanol–water partition coefficient (Wildman–Crippen LogP) is 5.33. The minimum Gasteiger partial charge on any atom is -0.497 e. The number of hydrogen-bond acceptors (Lipinski definition) is 2. The third-order valence-corrected chi connectivity index (χ3v) is 4.81. The molecule has 3 nitrogen and oxygen atoms in total. The summed E-state index contributed by atoms with van der Waals surface area (Å²) in [5.41, 5.74) is 2.76. The smallest absolute Gasteiger partial charge is 0.240 e. The van der Waals surface area contributed by atoms with Crippen LogP contribution >= 0.6 is 0 Å². The van der Waals surface area contributed by atoms with E-state index in [1.807, 2.05) is 32.2 Å². The normalized spacial score (nSPS) is 16.0. The van der Waals surface area contributed by atoms with Crippen molar-refractivity contribution in [2.45, 2.75) is 57.9 Å². The number of hydrogen-bond donors (Lipinski definition) is 0. The molecule has 23 heavy (non-hydrogen) atoms. The molecule has 3 rings (SSSR count). The van der Waals surface area contributed by atoms with Crippen LogP contribution in [-0.4, -0.2) is 16.9 Å². The van der Waals surface area contributed by atoms with E-state index in [1.165, 1.54) is 37.7 Å². The first-order valence-corrected chi connectivity index (χ1v) is 8.53. The third kappa shape index (κ3) is 3.26. The van der Waals surface area contributed by atoms with Crippen molar-refractivity contribution in [1.82, 2.24) is 9.78 Å². The van der Waals surface area contributed by atoms with Crippen molar-refractivity contribution < 1.29 is 9.13 Å². The van der Waals surface area contributed by atoms with E-state index in [1.54, 1.807) is 11.8 Å². The molecule has 0 aliphatic heterocycles. The van der Waals surface area contributed by atoms with Crippen LogP contribution in [0.4, 0.5) is 4.39 Å². The van der Waals surface area contributed by atoms with E-state index in [4.69, 9.17) is 4.74 Å². The molecule has 1 aliphatic rings. The summed E-state index contributed by atoms with van der Waals surface area (Å²) in [5.74, 6) is 0.933. The lowest BCUT2D eigenvalue weighted by molar-refractivity contribution is 0.410. The van der Waals surface area contributed by atoms with E-state index in [9.17, 15) is 4.39 Å². The molecule has 0 N–H and O–H groups in total. The van der Waals surface area contributed by atoms with Gasteiger partial charge in [0.05, 0.1) is 12.7 Å². The Morgan fingerprint density at radius 3 is 2.52 bits per heavy atom. The molecule has 1 heterocycles. The summed E-state index contributed by atoms with van der Waals surface area (Å²) in [6, 6.07) is 6.12. The highest BCUT2D eigenvalue weighted by Crippen LogP contribution is 2.40. The molecule has 124 valence electrons. The SMILES string of the molecule is COc1ccc(-c2cn(C(C)C)nc2F)c(C2CCCCC2)c1. The maximum Gasteiger partial charge on any atom is 0.240 e. The van der Waals surface area contributed by atoms with Crippen molar-refractivity contribution in [3.05, 3.63) is 35.9 Å². The van der Waals surface area contributed by atoms with Gasteiger partial charge in [-0.1, -0.05) is 25.3 Å². The lowest BCUT2D eigenvalue weighted by Crippen LogP contribution is -2.06. The quantitative estimate of drug-likeness (QED) is 0.762. The lowest BCUT2D eigenvalue weighted by atomic mass is 9.81. The first-order chi connectivity index (χ1) is 11.1. The zero-order chi connectivity index (χ0) is 16.4. The van der Waals surface area contributed by atoms with Crippen molar-refractivity contribution >= 4 is 0 Å². The molecule has 4 heteroatoms. The Morgan fingerprint density at radius 1 is 1.17 bits per heavy atom. The molecular formula is C19H25FN2O. The van der Waals surface area contributed by atoms with Crippen LogP contribution in [0.2, 0.25) is 0 Å². The van der Waals surface area contributed by atoms with Crippen LogP contribution in [-0.2, 0) is 0 Å². The summed E-state index contributed by atoms with van der Waals surface area (Å²) in [6.45, 7) is 4.01. The fourth-order valence-electron chi connectivity index (χ4n) is 3.48. The summed E-state index contributed by atoms with van der Waals surface area (Å²) in [7, 11) is 1.68. The number of nitrogens with zero attached hydrogens (tertiary/aromatic N) is 2. The molecule has 0 radical (unpaired) electrons. The van der Waals surface area contributed by atoms with Crippen LogP contribution in [0, 0.1) is 5.95 Å². The maximum absolute atomic E-state index is 14.4. The summed E-state index contributed by atoms with van der Waals surface area (Å²) in [4.78, 5) is 0. The molecule has 1 aromatic carbocycles. The van der Waals surface area contributed by atoms with Gasteiger partial charge in [-0.2, -0.15) is 4.39 Å². The maximum atomic E-state index is 14.4. The highest BCUT2D eigenvalue weighted by molar-refractivity contribution is 5.68. The summed E-state index contributed by atoms with van der Waals surface area (Å²) >= 11 is 0. The highest BCUT2D eigenvalue weighted by atomic mass is 19.1. The predicted molar refractivity (Wildman–Crippen MR) is 90.4 cm³/mol. The largest absolute Gasteiger partial charge is 0.497 e. The van der Waals surface area contributed by atoms with E-state index in [0.717, 1.165) is 11.3 Å². The molecule has 0 unspecified atom stereocenters. The molecule has 0 bridgehead atoms. The van der Waals surface area contributed by atoms with Crippen LogP contribution in [0.1, 0.15) is 63.5 Å². The van der Waals surface area contributed by atoms with Gasteiger partial charge in [-0.05, 0) is 55.9 Å². The fourth-order valence-corrected chi connectivity index (χ4v) is 3.48. The van der Waals surface area contributed by atoms with Gasteiger partial charge in [0.1, 0.15) is 5.75 Å². The second kappa shape index (κ2) is 6.73. The minimum atomic E-state index is -0.388. The van der Waals surface area contributed by atoms with Crippen molar-refractivity contribution in [2.75, 3.05) is 7.11 Å². The minimum absolute atomic E-state index is 0.148. The Kier molecular flexibility index (Phi) is 4.69. The first kappa shape index (κ1) is 16.0. The standard InChI is InChI=1S/C19H25FN2O/c1-13(2)22-12-18(19(20)21-22)16-10-9-15(23-3)11-17(16)14-7-5-4-6-8-14/h9-14H,4-8H2,1-3H3. The highest BCUT2D eigenvalue weighted by Gasteiger charge is 2.22. The Morgan fingerprint density at radius 2 is 1.91 bits per heavy atom. The van der Waals surface area contributed by atoms with E-state index in [2.05, 4.69) is 11.2 Å². The van der Waals surface area contributed by atoms with Gasteiger partial charge >= 0.3 is 0 Å².